The van der Waals surface area contributed by atoms with Gasteiger partial charge in [-0.25, -0.2) is 0 Å². The Morgan fingerprint density at radius 3 is 2.42 bits per heavy atom. The Morgan fingerprint density at radius 1 is 1.04 bits per heavy atom. The second-order valence-electron chi connectivity index (χ2n) is 5.48. The minimum absolute atomic E-state index is 0.0350. The van der Waals surface area contributed by atoms with E-state index in [1.165, 1.54) is 4.90 Å². The third-order valence-corrected chi connectivity index (χ3v) is 4.45. The molecule has 2 aromatic carbocycles. The highest BCUT2D eigenvalue weighted by atomic mass is 32.2. The van der Waals surface area contributed by atoms with Crippen LogP contribution in [0, 0.1) is 0 Å². The van der Waals surface area contributed by atoms with Gasteiger partial charge in [-0.15, -0.1) is 11.8 Å². The van der Waals surface area contributed by atoms with E-state index in [0.717, 1.165) is 16.1 Å². The van der Waals surface area contributed by atoms with Gasteiger partial charge < -0.3 is 10.2 Å². The maximum absolute atomic E-state index is 12.2. The van der Waals surface area contributed by atoms with E-state index >= 15 is 0 Å². The Morgan fingerprint density at radius 2 is 1.71 bits per heavy atom. The van der Waals surface area contributed by atoms with E-state index in [9.17, 15) is 9.59 Å². The number of anilines is 1. The summed E-state index contributed by atoms with van der Waals surface area (Å²) in [5, 5.41) is 2.87. The van der Waals surface area contributed by atoms with Gasteiger partial charge in [-0.3, -0.25) is 9.59 Å². The van der Waals surface area contributed by atoms with Crippen molar-refractivity contribution in [3.8, 4) is 0 Å². The summed E-state index contributed by atoms with van der Waals surface area (Å²) in [4.78, 5) is 26.8. The van der Waals surface area contributed by atoms with E-state index < -0.39 is 0 Å². The molecular formula is C19H22N2O2S. The number of nitrogens with one attached hydrogen (secondary N) is 1. The lowest BCUT2D eigenvalue weighted by atomic mass is 10.1. The molecule has 0 atom stereocenters. The molecule has 0 unspecified atom stereocenters. The van der Waals surface area contributed by atoms with Crippen molar-refractivity contribution in [1.29, 1.82) is 0 Å². The number of carbonyl (C=O) groups is 2. The van der Waals surface area contributed by atoms with E-state index in [0.29, 0.717) is 12.8 Å². The van der Waals surface area contributed by atoms with Crippen molar-refractivity contribution in [3.63, 3.8) is 0 Å². The van der Waals surface area contributed by atoms with Crippen LogP contribution in [0.5, 0.6) is 0 Å². The monoisotopic (exact) mass is 342 g/mol. The number of hydrogen-bond acceptors (Lipinski definition) is 3. The molecule has 126 valence electrons. The quantitative estimate of drug-likeness (QED) is 0.784. The van der Waals surface area contributed by atoms with Crippen LogP contribution in [0.3, 0.4) is 0 Å². The summed E-state index contributed by atoms with van der Waals surface area (Å²) in [6, 6.07) is 17.5. The Hall–Kier alpha value is -2.27. The Bertz CT molecular complexity index is 689. The van der Waals surface area contributed by atoms with Crippen LogP contribution >= 0.6 is 11.8 Å². The lowest BCUT2D eigenvalue weighted by Gasteiger charge is -2.17. The van der Waals surface area contributed by atoms with Crippen LogP contribution in [0.1, 0.15) is 12.0 Å². The standard InChI is InChI=1S/C19H22N2O2S/c1-21(19(23)13-12-15-8-4-3-5-9-15)14-18(22)20-16-10-6-7-11-17(16)24-2/h3-11H,12-14H2,1-2H3,(H,20,22). The molecule has 0 saturated heterocycles. The minimum atomic E-state index is -0.188. The van der Waals surface area contributed by atoms with Crippen LogP contribution in [-0.2, 0) is 16.0 Å². The van der Waals surface area contributed by atoms with Crippen LogP contribution in [-0.4, -0.2) is 36.6 Å². The van der Waals surface area contributed by atoms with Crippen LogP contribution in [0.25, 0.3) is 0 Å². The van der Waals surface area contributed by atoms with Gasteiger partial charge in [-0.2, -0.15) is 0 Å². The zero-order valence-electron chi connectivity index (χ0n) is 14.0. The van der Waals surface area contributed by atoms with Gasteiger partial charge in [0.25, 0.3) is 0 Å². The highest BCUT2D eigenvalue weighted by Gasteiger charge is 2.14. The van der Waals surface area contributed by atoms with Crippen LogP contribution in [0.15, 0.2) is 59.5 Å². The molecule has 0 aromatic heterocycles. The Balaban J connectivity index is 1.83. The van der Waals surface area contributed by atoms with Gasteiger partial charge in [-0.05, 0) is 30.4 Å². The van der Waals surface area contributed by atoms with Gasteiger partial charge in [-0.1, -0.05) is 42.5 Å². The average molecular weight is 342 g/mol. The van der Waals surface area contributed by atoms with Crippen molar-refractivity contribution in [2.75, 3.05) is 25.2 Å². The van der Waals surface area contributed by atoms with E-state index in [1.807, 2.05) is 60.9 Å². The van der Waals surface area contributed by atoms with Crippen molar-refractivity contribution in [1.82, 2.24) is 4.90 Å². The SMILES string of the molecule is CSc1ccccc1NC(=O)CN(C)C(=O)CCc1ccccc1. The largest absolute Gasteiger partial charge is 0.336 e. The third kappa shape index (κ3) is 5.42. The lowest BCUT2D eigenvalue weighted by Crippen LogP contribution is -2.35. The normalized spacial score (nSPS) is 10.2. The minimum Gasteiger partial charge on any atom is -0.336 e. The molecule has 2 aromatic rings. The van der Waals surface area contributed by atoms with Crippen LogP contribution in [0.2, 0.25) is 0 Å². The summed E-state index contributed by atoms with van der Waals surface area (Å²) >= 11 is 1.57. The van der Waals surface area contributed by atoms with E-state index in [4.69, 9.17) is 0 Å². The van der Waals surface area contributed by atoms with Crippen molar-refractivity contribution in [3.05, 3.63) is 60.2 Å². The van der Waals surface area contributed by atoms with E-state index in [-0.39, 0.29) is 18.4 Å². The van der Waals surface area contributed by atoms with Gasteiger partial charge in [0.05, 0.1) is 12.2 Å². The number of benzene rings is 2. The van der Waals surface area contributed by atoms with Crippen molar-refractivity contribution in [2.45, 2.75) is 17.7 Å². The molecule has 0 bridgehead atoms. The lowest BCUT2D eigenvalue weighted by molar-refractivity contribution is -0.133. The number of para-hydroxylation sites is 1. The Kier molecular flexibility index (Phi) is 6.88. The summed E-state index contributed by atoms with van der Waals surface area (Å²) in [7, 11) is 1.66. The van der Waals surface area contributed by atoms with Crippen LogP contribution < -0.4 is 5.32 Å². The van der Waals surface area contributed by atoms with Crippen molar-refractivity contribution < 1.29 is 9.59 Å². The molecule has 0 heterocycles. The second kappa shape index (κ2) is 9.13. The van der Waals surface area contributed by atoms with Crippen molar-refractivity contribution in [2.24, 2.45) is 0 Å². The number of amides is 2. The molecule has 0 radical (unpaired) electrons. The summed E-state index contributed by atoms with van der Waals surface area (Å²) in [6.07, 6.45) is 3.04. The van der Waals surface area contributed by atoms with Crippen molar-refractivity contribution >= 4 is 29.3 Å². The number of hydrogen-bond donors (Lipinski definition) is 1. The smallest absolute Gasteiger partial charge is 0.244 e. The highest BCUT2D eigenvalue weighted by Crippen LogP contribution is 2.24. The summed E-state index contributed by atoms with van der Waals surface area (Å²) in [5.74, 6) is -0.223. The fraction of sp³-hybridized carbons (Fsp3) is 0.263. The molecular weight excluding hydrogens is 320 g/mol. The number of aryl methyl sites for hydroxylation is 1. The molecule has 2 rings (SSSR count). The summed E-state index contributed by atoms with van der Waals surface area (Å²) in [6.45, 7) is 0.0519. The first-order valence-electron chi connectivity index (χ1n) is 7.81. The molecule has 0 aliphatic carbocycles. The van der Waals surface area contributed by atoms with Gasteiger partial charge in [0, 0.05) is 18.4 Å². The fourth-order valence-corrected chi connectivity index (χ4v) is 2.88. The first kappa shape index (κ1) is 18.1. The van der Waals surface area contributed by atoms with Gasteiger partial charge >= 0.3 is 0 Å². The molecule has 4 nitrogen and oxygen atoms in total. The second-order valence-corrected chi connectivity index (χ2v) is 6.33. The molecule has 5 heteroatoms. The van der Waals surface area contributed by atoms with Crippen LogP contribution in [0.4, 0.5) is 5.69 Å². The topological polar surface area (TPSA) is 49.4 Å². The fourth-order valence-electron chi connectivity index (χ4n) is 2.33. The van der Waals surface area contributed by atoms with E-state index in [2.05, 4.69) is 5.32 Å². The van der Waals surface area contributed by atoms with Gasteiger partial charge in [0.15, 0.2) is 0 Å². The van der Waals surface area contributed by atoms with Gasteiger partial charge in [0.1, 0.15) is 0 Å². The number of carbonyl (C=O) groups excluding carboxylic acids is 2. The zero-order chi connectivity index (χ0) is 17.4. The maximum atomic E-state index is 12.2. The molecule has 0 aliphatic rings. The predicted octanol–water partition coefficient (Wildman–Crippen LogP) is 3.44. The first-order valence-corrected chi connectivity index (χ1v) is 9.03. The first-order chi connectivity index (χ1) is 11.6. The summed E-state index contributed by atoms with van der Waals surface area (Å²) < 4.78 is 0. The van der Waals surface area contributed by atoms with E-state index in [1.54, 1.807) is 18.8 Å². The average Bonchev–Trinajstić information content (AvgIpc) is 2.60. The zero-order valence-corrected chi connectivity index (χ0v) is 14.8. The molecule has 0 spiro atoms. The molecule has 24 heavy (non-hydrogen) atoms. The molecule has 0 aliphatic heterocycles. The maximum Gasteiger partial charge on any atom is 0.244 e. The predicted molar refractivity (Wildman–Crippen MR) is 99.3 cm³/mol. The number of nitrogens with zero attached hydrogens (tertiary/aromatic N) is 1. The molecule has 0 saturated carbocycles. The summed E-state index contributed by atoms with van der Waals surface area (Å²) in [5.41, 5.74) is 1.90. The van der Waals surface area contributed by atoms with Gasteiger partial charge in [0.2, 0.25) is 11.8 Å². The Labute approximate surface area is 147 Å². The molecule has 0 fully saturated rings. The molecule has 1 N–H and O–H groups in total. The number of thioether (sulfide) groups is 1. The highest BCUT2D eigenvalue weighted by molar-refractivity contribution is 7.98. The number of likely N-dealkylation sites (N-methyl/N-ethyl adjacent to an activating group) is 1. The number of rotatable bonds is 7. The molecule has 2 amide bonds. The third-order valence-electron chi connectivity index (χ3n) is 3.66.